The minimum Gasteiger partial charge on any atom is -0.372 e. The minimum atomic E-state index is -0.267. The van der Waals surface area contributed by atoms with Gasteiger partial charge in [-0.25, -0.2) is 4.68 Å². The molecule has 0 aliphatic carbocycles. The van der Waals surface area contributed by atoms with E-state index in [1.165, 1.54) is 0 Å². The predicted molar refractivity (Wildman–Crippen MR) is 138 cm³/mol. The molecule has 0 saturated carbocycles. The molecule has 3 heterocycles. The third-order valence-electron chi connectivity index (χ3n) is 5.68. The number of amides is 1. The van der Waals surface area contributed by atoms with E-state index in [0.717, 1.165) is 28.0 Å². The summed E-state index contributed by atoms with van der Waals surface area (Å²) in [4.78, 5) is 13.4. The van der Waals surface area contributed by atoms with Crippen LogP contribution in [-0.4, -0.2) is 22.3 Å². The zero-order chi connectivity index (χ0) is 23.7. The summed E-state index contributed by atoms with van der Waals surface area (Å²) < 4.78 is 7.62. The lowest BCUT2D eigenvalue weighted by atomic mass is 10.0. The van der Waals surface area contributed by atoms with Crippen molar-refractivity contribution < 1.29 is 9.53 Å². The van der Waals surface area contributed by atoms with Crippen LogP contribution in [0.25, 0.3) is 17.3 Å². The van der Waals surface area contributed by atoms with Gasteiger partial charge in [-0.15, -0.1) is 0 Å². The second-order valence-corrected chi connectivity index (χ2v) is 9.63. The van der Waals surface area contributed by atoms with Crippen LogP contribution in [0.2, 0.25) is 10.0 Å². The summed E-state index contributed by atoms with van der Waals surface area (Å²) in [5.41, 5.74) is 5.52. The minimum absolute atomic E-state index is 0.182. The van der Waals surface area contributed by atoms with Crippen LogP contribution in [0.15, 0.2) is 65.4 Å². The standard InChI is InChI=1S/C26H21Cl2N3O2S/c1-16(18-5-3-2-4-6-18)29-26(32)24-21-14-33-13-19(11-17-9-10-34-15-17)25(21)31(30-24)23-8-7-20(27)12-22(23)28/h2-12,15-16H,13-14H2,1H3,(H,29,32)/t16-/m1/s1. The predicted octanol–water partition coefficient (Wildman–Crippen LogP) is 6.80. The number of benzene rings is 2. The van der Waals surface area contributed by atoms with Crippen LogP contribution in [0.1, 0.15) is 45.8 Å². The van der Waals surface area contributed by atoms with Gasteiger partial charge in [0, 0.05) is 16.2 Å². The van der Waals surface area contributed by atoms with Gasteiger partial charge in [-0.05, 0) is 59.2 Å². The van der Waals surface area contributed by atoms with Gasteiger partial charge in [-0.2, -0.15) is 16.4 Å². The Morgan fingerprint density at radius 1 is 1.18 bits per heavy atom. The lowest BCUT2D eigenvalue weighted by Crippen LogP contribution is -2.28. The Labute approximate surface area is 211 Å². The maximum absolute atomic E-state index is 13.4. The van der Waals surface area contributed by atoms with Crippen molar-refractivity contribution in [3.05, 3.63) is 103 Å². The number of hydrogen-bond donors (Lipinski definition) is 1. The molecular formula is C26H21Cl2N3O2S. The van der Waals surface area contributed by atoms with E-state index in [4.69, 9.17) is 33.0 Å². The van der Waals surface area contributed by atoms with E-state index < -0.39 is 0 Å². The first-order valence-corrected chi connectivity index (χ1v) is 12.4. The number of nitrogens with zero attached hydrogens (tertiary/aromatic N) is 2. The molecule has 0 unspecified atom stereocenters. The van der Waals surface area contributed by atoms with Crippen molar-refractivity contribution in [3.63, 3.8) is 0 Å². The van der Waals surface area contributed by atoms with Crippen molar-refractivity contribution in [2.45, 2.75) is 19.6 Å². The van der Waals surface area contributed by atoms with Crippen LogP contribution in [0.5, 0.6) is 0 Å². The molecule has 1 atom stereocenters. The van der Waals surface area contributed by atoms with Gasteiger partial charge >= 0.3 is 0 Å². The number of nitrogens with one attached hydrogen (secondary N) is 1. The first-order chi connectivity index (χ1) is 16.5. The number of rotatable bonds is 5. The summed E-state index contributed by atoms with van der Waals surface area (Å²) >= 11 is 14.3. The summed E-state index contributed by atoms with van der Waals surface area (Å²) in [6, 6.07) is 16.9. The average Bonchev–Trinajstić information content (AvgIpc) is 3.48. The number of ether oxygens (including phenoxy) is 1. The van der Waals surface area contributed by atoms with Crippen molar-refractivity contribution >= 4 is 52.1 Å². The second kappa shape index (κ2) is 9.76. The summed E-state index contributed by atoms with van der Waals surface area (Å²) in [5.74, 6) is -0.267. The van der Waals surface area contributed by atoms with Gasteiger partial charge in [-0.1, -0.05) is 53.5 Å². The van der Waals surface area contributed by atoms with Gasteiger partial charge in [0.25, 0.3) is 5.91 Å². The average molecular weight is 510 g/mol. The van der Waals surface area contributed by atoms with E-state index in [-0.39, 0.29) is 18.6 Å². The third kappa shape index (κ3) is 4.55. The first-order valence-electron chi connectivity index (χ1n) is 10.8. The van der Waals surface area contributed by atoms with Crippen molar-refractivity contribution in [1.82, 2.24) is 15.1 Å². The molecule has 172 valence electrons. The molecule has 1 aliphatic rings. The molecule has 5 rings (SSSR count). The second-order valence-electron chi connectivity index (χ2n) is 8.01. The van der Waals surface area contributed by atoms with Crippen molar-refractivity contribution in [2.75, 3.05) is 6.61 Å². The monoisotopic (exact) mass is 509 g/mol. The molecule has 0 fully saturated rings. The van der Waals surface area contributed by atoms with Crippen LogP contribution in [0.4, 0.5) is 0 Å². The molecule has 0 bridgehead atoms. The van der Waals surface area contributed by atoms with E-state index in [9.17, 15) is 4.79 Å². The molecule has 0 spiro atoms. The van der Waals surface area contributed by atoms with Gasteiger partial charge in [0.15, 0.2) is 5.69 Å². The summed E-state index contributed by atoms with van der Waals surface area (Å²) in [5, 5.41) is 12.9. The maximum Gasteiger partial charge on any atom is 0.272 e. The van der Waals surface area contributed by atoms with Crippen LogP contribution < -0.4 is 5.32 Å². The topological polar surface area (TPSA) is 56.2 Å². The van der Waals surface area contributed by atoms with Gasteiger partial charge in [0.1, 0.15) is 0 Å². The molecule has 1 N–H and O–H groups in total. The summed E-state index contributed by atoms with van der Waals surface area (Å²) in [6.45, 7) is 2.64. The van der Waals surface area contributed by atoms with E-state index >= 15 is 0 Å². The fraction of sp³-hybridized carbons (Fsp3) is 0.154. The zero-order valence-electron chi connectivity index (χ0n) is 18.3. The van der Waals surface area contributed by atoms with Crippen LogP contribution >= 0.6 is 34.5 Å². The van der Waals surface area contributed by atoms with Crippen LogP contribution in [0.3, 0.4) is 0 Å². The lowest BCUT2D eigenvalue weighted by Gasteiger charge is -2.19. The molecule has 5 nitrogen and oxygen atoms in total. The van der Waals surface area contributed by atoms with Crippen LogP contribution in [-0.2, 0) is 11.3 Å². The molecule has 1 amide bonds. The van der Waals surface area contributed by atoms with Gasteiger partial charge in [0.05, 0.1) is 35.7 Å². The molecular weight excluding hydrogens is 489 g/mol. The quantitative estimate of drug-likeness (QED) is 0.321. The Morgan fingerprint density at radius 3 is 2.74 bits per heavy atom. The van der Waals surface area contributed by atoms with E-state index in [1.807, 2.05) is 54.8 Å². The number of thiophene rings is 1. The maximum atomic E-state index is 13.4. The molecule has 2 aromatic heterocycles. The number of carbonyl (C=O) groups excluding carboxylic acids is 1. The molecule has 0 radical (unpaired) electrons. The normalized spacial score (nSPS) is 15.2. The van der Waals surface area contributed by atoms with Crippen LogP contribution in [0, 0.1) is 0 Å². The number of carbonyl (C=O) groups is 1. The summed E-state index contributed by atoms with van der Waals surface area (Å²) in [6.07, 6.45) is 2.06. The molecule has 4 aromatic rings. The van der Waals surface area contributed by atoms with Crippen molar-refractivity contribution in [1.29, 1.82) is 0 Å². The molecule has 34 heavy (non-hydrogen) atoms. The highest BCUT2D eigenvalue weighted by Crippen LogP contribution is 2.35. The highest BCUT2D eigenvalue weighted by atomic mass is 35.5. The Morgan fingerprint density at radius 2 is 2.00 bits per heavy atom. The largest absolute Gasteiger partial charge is 0.372 e. The number of fused-ring (bicyclic) bond motifs is 1. The Hall–Kier alpha value is -2.90. The fourth-order valence-corrected chi connectivity index (χ4v) is 5.12. The van der Waals surface area contributed by atoms with Gasteiger partial charge < -0.3 is 10.1 Å². The van der Waals surface area contributed by atoms with Gasteiger partial charge in [-0.3, -0.25) is 4.79 Å². The molecule has 0 saturated heterocycles. The van der Waals surface area contributed by atoms with Gasteiger partial charge in [0.2, 0.25) is 0 Å². The number of hydrogen-bond acceptors (Lipinski definition) is 4. The molecule has 1 aliphatic heterocycles. The van der Waals surface area contributed by atoms with Crippen molar-refractivity contribution in [2.24, 2.45) is 0 Å². The lowest BCUT2D eigenvalue weighted by molar-refractivity contribution is 0.0926. The Balaban J connectivity index is 1.61. The van der Waals surface area contributed by atoms with E-state index in [0.29, 0.717) is 28.0 Å². The number of halogens is 2. The highest BCUT2D eigenvalue weighted by Gasteiger charge is 2.30. The van der Waals surface area contributed by atoms with Crippen molar-refractivity contribution in [3.8, 4) is 5.69 Å². The first kappa shape index (κ1) is 22.9. The Kier molecular flexibility index (Phi) is 6.57. The molecule has 8 heteroatoms. The summed E-state index contributed by atoms with van der Waals surface area (Å²) in [7, 11) is 0. The smallest absolute Gasteiger partial charge is 0.272 e. The fourth-order valence-electron chi connectivity index (χ4n) is 4.02. The van der Waals surface area contributed by atoms with E-state index in [2.05, 4.69) is 16.8 Å². The molecule has 2 aromatic carbocycles. The zero-order valence-corrected chi connectivity index (χ0v) is 20.6. The highest BCUT2D eigenvalue weighted by molar-refractivity contribution is 7.08. The van der Waals surface area contributed by atoms with E-state index in [1.54, 1.807) is 28.2 Å². The number of aromatic nitrogens is 2. The third-order valence-corrected chi connectivity index (χ3v) is 6.92. The SMILES string of the molecule is C[C@@H](NC(=O)c1nn(-c2ccc(Cl)cc2Cl)c2c1COCC2=Cc1ccsc1)c1ccccc1. The Bertz CT molecular complexity index is 1360.